The molecule has 0 bridgehead atoms. The minimum atomic E-state index is -0.563. The fraction of sp³-hybridized carbons (Fsp3) is 0.158. The number of nitrogens with one attached hydrogen (secondary N) is 2. The molecule has 0 aliphatic heterocycles. The van der Waals surface area contributed by atoms with Crippen LogP contribution in [-0.4, -0.2) is 17.0 Å². The van der Waals surface area contributed by atoms with Crippen LogP contribution in [0.5, 0.6) is 0 Å². The summed E-state index contributed by atoms with van der Waals surface area (Å²) >= 11 is 0. The van der Waals surface area contributed by atoms with Crippen molar-refractivity contribution in [2.24, 2.45) is 5.92 Å². The number of carbonyl (C=O) groups excluding carboxylic acids is 2. The van der Waals surface area contributed by atoms with E-state index in [0.717, 1.165) is 17.6 Å². The Morgan fingerprint density at radius 3 is 2.71 bits per heavy atom. The predicted molar refractivity (Wildman–Crippen MR) is 90.1 cm³/mol. The van der Waals surface area contributed by atoms with Crippen molar-refractivity contribution in [1.29, 1.82) is 0 Å². The van der Waals surface area contributed by atoms with E-state index < -0.39 is 5.91 Å². The molecule has 1 unspecified atom stereocenters. The zero-order valence-electron chi connectivity index (χ0n) is 13.0. The molecule has 1 aromatic rings. The highest BCUT2D eigenvalue weighted by molar-refractivity contribution is 5.97. The van der Waals surface area contributed by atoms with Gasteiger partial charge in [-0.2, -0.15) is 0 Å². The molecular weight excluding hydrogens is 304 g/mol. The maximum absolute atomic E-state index is 12.3. The first-order valence-electron chi connectivity index (χ1n) is 7.75. The third-order valence-corrected chi connectivity index (χ3v) is 4.11. The third kappa shape index (κ3) is 3.52. The number of fused-ring (bicyclic) bond motifs is 1. The van der Waals surface area contributed by atoms with Gasteiger partial charge in [0, 0.05) is 23.6 Å². The normalized spacial score (nSPS) is 18.3. The number of benzene rings is 1. The van der Waals surface area contributed by atoms with Crippen molar-refractivity contribution >= 4 is 11.8 Å². The molecule has 3 rings (SSSR count). The molecule has 0 saturated carbocycles. The molecule has 2 aliphatic carbocycles. The second-order valence-corrected chi connectivity index (χ2v) is 5.72. The van der Waals surface area contributed by atoms with Gasteiger partial charge in [0.25, 0.3) is 11.8 Å². The Balaban J connectivity index is 1.61. The molecule has 2 aliphatic rings. The van der Waals surface area contributed by atoms with Crippen molar-refractivity contribution in [3.8, 4) is 0 Å². The first-order chi connectivity index (χ1) is 11.7. The SMILES string of the molecule is O=C(NCc1ccc(C(=O)NO)cc1)C1=CC2=CC=CCC2C=C1. The van der Waals surface area contributed by atoms with Crippen LogP contribution in [0, 0.1) is 5.92 Å². The number of hydrogen-bond acceptors (Lipinski definition) is 3. The van der Waals surface area contributed by atoms with Crippen molar-refractivity contribution in [1.82, 2.24) is 10.8 Å². The molecule has 0 radical (unpaired) electrons. The van der Waals surface area contributed by atoms with Crippen molar-refractivity contribution in [2.45, 2.75) is 13.0 Å². The quantitative estimate of drug-likeness (QED) is 0.588. The largest absolute Gasteiger partial charge is 0.348 e. The monoisotopic (exact) mass is 322 g/mol. The average Bonchev–Trinajstić information content (AvgIpc) is 2.65. The van der Waals surface area contributed by atoms with Gasteiger partial charge in [0.15, 0.2) is 0 Å². The average molecular weight is 322 g/mol. The summed E-state index contributed by atoms with van der Waals surface area (Å²) in [7, 11) is 0. The Bertz CT molecular complexity index is 770. The predicted octanol–water partition coefficient (Wildman–Crippen LogP) is 2.42. The van der Waals surface area contributed by atoms with Crippen molar-refractivity contribution in [3.05, 3.63) is 83.0 Å². The fourth-order valence-corrected chi connectivity index (χ4v) is 2.72. The lowest BCUT2D eigenvalue weighted by atomic mass is 9.86. The van der Waals surface area contributed by atoms with Crippen molar-refractivity contribution in [3.63, 3.8) is 0 Å². The molecule has 0 heterocycles. The lowest BCUT2D eigenvalue weighted by Gasteiger charge is -2.20. The number of hydrogen-bond donors (Lipinski definition) is 3. The van der Waals surface area contributed by atoms with E-state index in [4.69, 9.17) is 5.21 Å². The van der Waals surface area contributed by atoms with E-state index in [-0.39, 0.29) is 5.91 Å². The van der Waals surface area contributed by atoms with E-state index >= 15 is 0 Å². The molecule has 5 heteroatoms. The van der Waals surface area contributed by atoms with Gasteiger partial charge in [-0.1, -0.05) is 42.5 Å². The van der Waals surface area contributed by atoms with Gasteiger partial charge in [-0.15, -0.1) is 0 Å². The molecule has 0 spiro atoms. The van der Waals surface area contributed by atoms with Gasteiger partial charge in [0.05, 0.1) is 0 Å². The Kier molecular flexibility index (Phi) is 4.72. The molecule has 3 N–H and O–H groups in total. The van der Waals surface area contributed by atoms with Gasteiger partial charge in [-0.3, -0.25) is 14.8 Å². The number of hydroxylamine groups is 1. The molecule has 122 valence electrons. The Morgan fingerprint density at radius 2 is 1.96 bits per heavy atom. The zero-order valence-corrected chi connectivity index (χ0v) is 13.0. The molecule has 2 amide bonds. The second kappa shape index (κ2) is 7.10. The molecular formula is C19H18N2O3. The van der Waals surface area contributed by atoms with E-state index in [2.05, 4.69) is 17.5 Å². The molecule has 24 heavy (non-hydrogen) atoms. The minimum Gasteiger partial charge on any atom is -0.348 e. The third-order valence-electron chi connectivity index (χ3n) is 4.11. The summed E-state index contributed by atoms with van der Waals surface area (Å²) < 4.78 is 0. The lowest BCUT2D eigenvalue weighted by Crippen LogP contribution is -2.25. The van der Waals surface area contributed by atoms with Crippen LogP contribution in [0.2, 0.25) is 0 Å². The lowest BCUT2D eigenvalue weighted by molar-refractivity contribution is -0.117. The Labute approximate surface area is 140 Å². The van der Waals surface area contributed by atoms with E-state index in [9.17, 15) is 9.59 Å². The van der Waals surface area contributed by atoms with E-state index in [0.29, 0.717) is 23.6 Å². The zero-order chi connectivity index (χ0) is 16.9. The van der Waals surface area contributed by atoms with E-state index in [1.807, 2.05) is 24.3 Å². The maximum atomic E-state index is 12.3. The Morgan fingerprint density at radius 1 is 1.17 bits per heavy atom. The highest BCUT2D eigenvalue weighted by Gasteiger charge is 2.18. The molecule has 0 aromatic heterocycles. The molecule has 0 saturated heterocycles. The topological polar surface area (TPSA) is 78.4 Å². The number of amides is 2. The summed E-state index contributed by atoms with van der Waals surface area (Å²) in [6.45, 7) is 0.368. The molecule has 1 atom stereocenters. The van der Waals surface area contributed by atoms with Crippen LogP contribution in [0.15, 0.2) is 71.9 Å². The van der Waals surface area contributed by atoms with Gasteiger partial charge in [-0.25, -0.2) is 5.48 Å². The summed E-state index contributed by atoms with van der Waals surface area (Å²) in [6, 6.07) is 6.66. The fourth-order valence-electron chi connectivity index (χ4n) is 2.72. The van der Waals surface area contributed by atoms with Crippen LogP contribution >= 0.6 is 0 Å². The summed E-state index contributed by atoms with van der Waals surface area (Å²) in [5.74, 6) is -0.318. The van der Waals surface area contributed by atoms with Crippen LogP contribution in [0.25, 0.3) is 0 Å². The van der Waals surface area contributed by atoms with Gasteiger partial charge in [0.2, 0.25) is 0 Å². The second-order valence-electron chi connectivity index (χ2n) is 5.72. The summed E-state index contributed by atoms with van der Waals surface area (Å²) in [6.07, 6.45) is 13.0. The van der Waals surface area contributed by atoms with Crippen molar-refractivity contribution in [2.75, 3.05) is 0 Å². The molecule has 1 aromatic carbocycles. The molecule has 5 nitrogen and oxygen atoms in total. The smallest absolute Gasteiger partial charge is 0.274 e. The summed E-state index contributed by atoms with van der Waals surface area (Å²) in [5.41, 5.74) is 4.61. The molecule has 0 fully saturated rings. The van der Waals surface area contributed by atoms with Gasteiger partial charge >= 0.3 is 0 Å². The van der Waals surface area contributed by atoms with E-state index in [1.165, 1.54) is 0 Å². The highest BCUT2D eigenvalue weighted by Crippen LogP contribution is 2.28. The van der Waals surface area contributed by atoms with Crippen LogP contribution in [0.3, 0.4) is 0 Å². The first kappa shape index (κ1) is 16.0. The number of allylic oxidation sites excluding steroid dienone is 6. The van der Waals surface area contributed by atoms with Crippen LogP contribution in [-0.2, 0) is 11.3 Å². The number of rotatable bonds is 4. The van der Waals surface area contributed by atoms with Gasteiger partial charge in [0.1, 0.15) is 0 Å². The summed E-state index contributed by atoms with van der Waals surface area (Å²) in [5, 5.41) is 11.5. The first-order valence-corrected chi connectivity index (χ1v) is 7.75. The number of carbonyl (C=O) groups is 2. The maximum Gasteiger partial charge on any atom is 0.274 e. The van der Waals surface area contributed by atoms with Gasteiger partial charge in [-0.05, 0) is 35.8 Å². The van der Waals surface area contributed by atoms with Crippen LogP contribution in [0.4, 0.5) is 0 Å². The van der Waals surface area contributed by atoms with Crippen LogP contribution in [0.1, 0.15) is 22.3 Å². The highest BCUT2D eigenvalue weighted by atomic mass is 16.5. The Hall–Kier alpha value is -2.92. The van der Waals surface area contributed by atoms with Crippen molar-refractivity contribution < 1.29 is 14.8 Å². The van der Waals surface area contributed by atoms with Crippen LogP contribution < -0.4 is 10.8 Å². The summed E-state index contributed by atoms with van der Waals surface area (Å²) in [4.78, 5) is 23.6. The van der Waals surface area contributed by atoms with Gasteiger partial charge < -0.3 is 5.32 Å². The standard InChI is InChI=1S/C19H18N2O3/c22-18(17-10-9-14-3-1-2-4-16(14)11-17)20-12-13-5-7-15(8-6-13)19(23)21-24/h1-2,4-11,14,24H,3,12H2,(H,20,22)(H,21,23). The minimum absolute atomic E-state index is 0.127. The van der Waals surface area contributed by atoms with E-state index in [1.54, 1.807) is 29.7 Å².